The molecule has 7 nitrogen and oxygen atoms in total. The van der Waals surface area contributed by atoms with Crippen molar-refractivity contribution >= 4 is 10.0 Å². The monoisotopic (exact) mass is 319 g/mol. The van der Waals surface area contributed by atoms with Crippen LogP contribution in [0, 0.1) is 19.8 Å². The van der Waals surface area contributed by atoms with E-state index < -0.39 is 10.0 Å². The van der Waals surface area contributed by atoms with E-state index in [0.717, 1.165) is 0 Å². The van der Waals surface area contributed by atoms with Crippen LogP contribution < -0.4 is 4.72 Å². The Labute approximate surface area is 126 Å². The number of aromatic nitrogens is 2. The first-order valence-electron chi connectivity index (χ1n) is 6.90. The smallest absolute Gasteiger partial charge is 0.244 e. The fourth-order valence-corrected chi connectivity index (χ4v) is 3.96. The lowest BCUT2D eigenvalue weighted by molar-refractivity contribution is 0.157. The maximum absolute atomic E-state index is 12.6. The molecule has 0 bridgehead atoms. The topological polar surface area (TPSA) is 93.5 Å². The van der Waals surface area contributed by atoms with Crippen LogP contribution in [0.25, 0.3) is 0 Å². The molecule has 21 heavy (non-hydrogen) atoms. The van der Waals surface area contributed by atoms with Crippen LogP contribution in [0.1, 0.15) is 25.2 Å². The van der Waals surface area contributed by atoms with Gasteiger partial charge in [-0.05, 0) is 19.8 Å². The predicted octanol–water partition coefficient (Wildman–Crippen LogP) is 0.442. The molecular weight excluding hydrogens is 294 g/mol. The molecule has 0 aliphatic heterocycles. The predicted molar refractivity (Wildman–Crippen MR) is 79.6 cm³/mol. The summed E-state index contributed by atoms with van der Waals surface area (Å²) in [6.45, 7) is 7.68. The Hall–Kier alpha value is -0.960. The van der Waals surface area contributed by atoms with Crippen molar-refractivity contribution in [1.82, 2.24) is 14.5 Å². The zero-order valence-corrected chi connectivity index (χ0v) is 14.1. The summed E-state index contributed by atoms with van der Waals surface area (Å²) < 4.78 is 34.5. The number of aliphatic hydroxyl groups excluding tert-OH is 1. The van der Waals surface area contributed by atoms with E-state index in [4.69, 9.17) is 9.84 Å². The number of nitrogens with zero attached hydrogens (tertiary/aromatic N) is 2. The van der Waals surface area contributed by atoms with E-state index in [-0.39, 0.29) is 30.0 Å². The van der Waals surface area contributed by atoms with Crippen LogP contribution in [0.5, 0.6) is 0 Å². The quantitative estimate of drug-likeness (QED) is 0.725. The Bertz CT molecular complexity index is 566. The van der Waals surface area contributed by atoms with Crippen LogP contribution in [0.2, 0.25) is 0 Å². The number of methoxy groups -OCH3 is 1. The molecule has 0 aliphatic rings. The van der Waals surface area contributed by atoms with Gasteiger partial charge in [0.25, 0.3) is 0 Å². The maximum Gasteiger partial charge on any atom is 0.244 e. The second-order valence-electron chi connectivity index (χ2n) is 5.37. The summed E-state index contributed by atoms with van der Waals surface area (Å²) in [6, 6.07) is -0.306. The summed E-state index contributed by atoms with van der Waals surface area (Å²) in [4.78, 5) is 0.178. The number of aliphatic hydroxyl groups is 1. The molecular formula is C13H25N3O4S. The van der Waals surface area contributed by atoms with Crippen LogP contribution >= 0.6 is 0 Å². The molecule has 122 valence electrons. The van der Waals surface area contributed by atoms with Crippen LogP contribution in [0.4, 0.5) is 0 Å². The molecule has 1 heterocycles. The second-order valence-corrected chi connectivity index (χ2v) is 7.02. The lowest BCUT2D eigenvalue weighted by Crippen LogP contribution is -2.41. The summed E-state index contributed by atoms with van der Waals surface area (Å²) in [6.07, 6.45) is 0. The normalized spacial score (nSPS) is 13.9. The van der Waals surface area contributed by atoms with E-state index in [0.29, 0.717) is 18.0 Å². The van der Waals surface area contributed by atoms with Gasteiger partial charge >= 0.3 is 0 Å². The third-order valence-electron chi connectivity index (χ3n) is 3.35. The van der Waals surface area contributed by atoms with Crippen LogP contribution in [-0.4, -0.2) is 49.7 Å². The van der Waals surface area contributed by atoms with Crippen LogP contribution in [0.3, 0.4) is 0 Å². The van der Waals surface area contributed by atoms with Crippen molar-refractivity contribution in [1.29, 1.82) is 0 Å². The van der Waals surface area contributed by atoms with Crippen molar-refractivity contribution in [3.8, 4) is 0 Å². The molecule has 1 aromatic rings. The van der Waals surface area contributed by atoms with Gasteiger partial charge in [-0.2, -0.15) is 5.10 Å². The van der Waals surface area contributed by atoms with Gasteiger partial charge in [-0.25, -0.2) is 13.1 Å². The molecule has 0 amide bonds. The highest BCUT2D eigenvalue weighted by Gasteiger charge is 2.28. The molecule has 0 aliphatic carbocycles. The number of ether oxygens (including phenoxy) is 1. The molecule has 0 spiro atoms. The summed E-state index contributed by atoms with van der Waals surface area (Å²) >= 11 is 0. The molecule has 0 aromatic carbocycles. The van der Waals surface area contributed by atoms with Crippen LogP contribution in [-0.2, 0) is 21.3 Å². The molecule has 2 N–H and O–H groups in total. The van der Waals surface area contributed by atoms with Gasteiger partial charge in [0, 0.05) is 13.2 Å². The Kier molecular flexibility index (Phi) is 6.33. The lowest BCUT2D eigenvalue weighted by Gasteiger charge is -2.21. The zero-order valence-electron chi connectivity index (χ0n) is 13.3. The van der Waals surface area contributed by atoms with Gasteiger partial charge in [-0.1, -0.05) is 13.8 Å². The van der Waals surface area contributed by atoms with Gasteiger partial charge in [0.1, 0.15) is 4.90 Å². The molecule has 8 heteroatoms. The summed E-state index contributed by atoms with van der Waals surface area (Å²) in [5.74, 6) is 0.104. The maximum atomic E-state index is 12.6. The Morgan fingerprint density at radius 1 is 1.38 bits per heavy atom. The minimum Gasteiger partial charge on any atom is -0.394 e. The van der Waals surface area contributed by atoms with Gasteiger partial charge in [0.05, 0.1) is 31.1 Å². The first-order valence-corrected chi connectivity index (χ1v) is 8.39. The number of hydrogen-bond donors (Lipinski definition) is 2. The molecule has 0 saturated carbocycles. The average molecular weight is 319 g/mol. The zero-order chi connectivity index (χ0) is 16.2. The van der Waals surface area contributed by atoms with Crippen molar-refractivity contribution in [2.75, 3.05) is 20.3 Å². The van der Waals surface area contributed by atoms with Crippen molar-refractivity contribution in [3.63, 3.8) is 0 Å². The van der Waals surface area contributed by atoms with E-state index in [2.05, 4.69) is 9.82 Å². The summed E-state index contributed by atoms with van der Waals surface area (Å²) in [7, 11) is -2.14. The fraction of sp³-hybridized carbons (Fsp3) is 0.769. The van der Waals surface area contributed by atoms with Crippen molar-refractivity contribution in [2.45, 2.75) is 45.2 Å². The van der Waals surface area contributed by atoms with E-state index in [1.807, 2.05) is 13.8 Å². The molecule has 1 aromatic heterocycles. The standard InChI is InChI=1S/C13H25N3O4S/c1-9(2)12(8-20-5)15-21(18,19)13-10(3)14-16(6-7-17)11(13)4/h9,12,15,17H,6-8H2,1-5H3. The number of hydrogen-bond acceptors (Lipinski definition) is 5. The first kappa shape index (κ1) is 18.1. The molecule has 1 atom stereocenters. The van der Waals surface area contributed by atoms with Crippen molar-refractivity contribution in [3.05, 3.63) is 11.4 Å². The molecule has 0 saturated heterocycles. The van der Waals surface area contributed by atoms with Crippen molar-refractivity contribution in [2.24, 2.45) is 5.92 Å². The highest BCUT2D eigenvalue weighted by molar-refractivity contribution is 7.89. The third kappa shape index (κ3) is 4.26. The minimum absolute atomic E-state index is 0.0901. The average Bonchev–Trinajstić information content (AvgIpc) is 2.64. The van der Waals surface area contributed by atoms with Crippen molar-refractivity contribution < 1.29 is 18.3 Å². The highest BCUT2D eigenvalue weighted by Crippen LogP contribution is 2.20. The Morgan fingerprint density at radius 3 is 2.48 bits per heavy atom. The highest BCUT2D eigenvalue weighted by atomic mass is 32.2. The SMILES string of the molecule is COCC(NS(=O)(=O)c1c(C)nn(CCO)c1C)C(C)C. The Morgan fingerprint density at radius 2 is 2.00 bits per heavy atom. The fourth-order valence-electron chi connectivity index (χ4n) is 2.18. The van der Waals surface area contributed by atoms with E-state index in [1.165, 1.54) is 4.68 Å². The number of rotatable bonds is 8. The molecule has 0 radical (unpaired) electrons. The second kappa shape index (κ2) is 7.35. The van der Waals surface area contributed by atoms with Gasteiger partial charge < -0.3 is 9.84 Å². The largest absolute Gasteiger partial charge is 0.394 e. The number of aryl methyl sites for hydroxylation is 1. The van der Waals surface area contributed by atoms with Gasteiger partial charge in [-0.3, -0.25) is 4.68 Å². The molecule has 1 rings (SSSR count). The van der Waals surface area contributed by atoms with E-state index in [1.54, 1.807) is 21.0 Å². The van der Waals surface area contributed by atoms with Crippen LogP contribution in [0.15, 0.2) is 4.90 Å². The van der Waals surface area contributed by atoms with E-state index >= 15 is 0 Å². The van der Waals surface area contributed by atoms with Gasteiger partial charge in [-0.15, -0.1) is 0 Å². The molecule has 0 fully saturated rings. The number of nitrogens with one attached hydrogen (secondary N) is 1. The third-order valence-corrected chi connectivity index (χ3v) is 5.09. The minimum atomic E-state index is -3.68. The first-order chi connectivity index (χ1) is 9.74. The van der Waals surface area contributed by atoms with Gasteiger partial charge in [0.2, 0.25) is 10.0 Å². The molecule has 1 unspecified atom stereocenters. The number of sulfonamides is 1. The lowest BCUT2D eigenvalue weighted by atomic mass is 10.1. The van der Waals surface area contributed by atoms with Gasteiger partial charge in [0.15, 0.2) is 0 Å². The summed E-state index contributed by atoms with van der Waals surface area (Å²) in [5.41, 5.74) is 0.947. The van der Waals surface area contributed by atoms with E-state index in [9.17, 15) is 8.42 Å². The Balaban J connectivity index is 3.13. The summed E-state index contributed by atoms with van der Waals surface area (Å²) in [5, 5.41) is 13.2.